The van der Waals surface area contributed by atoms with Crippen molar-refractivity contribution in [3.8, 4) is 5.69 Å². The van der Waals surface area contributed by atoms with Gasteiger partial charge in [-0.15, -0.1) is 17.5 Å². The summed E-state index contributed by atoms with van der Waals surface area (Å²) < 4.78 is 16.9. The summed E-state index contributed by atoms with van der Waals surface area (Å²) in [6, 6.07) is 9.88. The van der Waals surface area contributed by atoms with E-state index in [-0.39, 0.29) is 30.2 Å². The number of hydrogen-bond acceptors (Lipinski definition) is 4. The molecular weight excluding hydrogens is 383 g/mol. The zero-order valence-corrected chi connectivity index (χ0v) is 16.2. The van der Waals surface area contributed by atoms with E-state index in [1.54, 1.807) is 28.9 Å². The highest BCUT2D eigenvalue weighted by molar-refractivity contribution is 6.02. The van der Waals surface area contributed by atoms with Crippen LogP contribution in [0.1, 0.15) is 35.1 Å². The Morgan fingerprint density at radius 1 is 1.29 bits per heavy atom. The van der Waals surface area contributed by atoms with Crippen LogP contribution in [0.3, 0.4) is 0 Å². The number of nitrogens with one attached hydrogen (secondary N) is 2. The summed E-state index contributed by atoms with van der Waals surface area (Å²) in [5.41, 5.74) is 1.73. The van der Waals surface area contributed by atoms with E-state index in [1.165, 1.54) is 12.1 Å². The van der Waals surface area contributed by atoms with Crippen LogP contribution in [0.5, 0.6) is 0 Å². The molecule has 0 saturated carbocycles. The smallest absolute Gasteiger partial charge is 0.277 e. The molecule has 2 aromatic heterocycles. The normalized spacial score (nSPS) is 16.4. The minimum absolute atomic E-state index is 0. The zero-order valence-electron chi connectivity index (χ0n) is 15.4. The van der Waals surface area contributed by atoms with Gasteiger partial charge in [0.1, 0.15) is 5.82 Å². The van der Waals surface area contributed by atoms with E-state index in [0.29, 0.717) is 17.2 Å². The molecule has 148 valence electrons. The molecule has 0 aliphatic carbocycles. The molecular formula is C19H22ClFN6O. The maximum absolute atomic E-state index is 13.5. The Morgan fingerprint density at radius 2 is 2.14 bits per heavy atom. The average molecular weight is 405 g/mol. The molecule has 1 atom stereocenters. The van der Waals surface area contributed by atoms with Crippen LogP contribution >= 0.6 is 12.4 Å². The summed E-state index contributed by atoms with van der Waals surface area (Å²) >= 11 is 0. The van der Waals surface area contributed by atoms with E-state index in [2.05, 4.69) is 20.8 Å². The largest absolute Gasteiger partial charge is 0.315 e. The first-order valence-corrected chi connectivity index (χ1v) is 9.00. The van der Waals surface area contributed by atoms with Crippen molar-refractivity contribution < 1.29 is 9.18 Å². The van der Waals surface area contributed by atoms with Crippen LogP contribution in [0.15, 0.2) is 42.6 Å². The van der Waals surface area contributed by atoms with E-state index in [4.69, 9.17) is 0 Å². The van der Waals surface area contributed by atoms with Crippen molar-refractivity contribution in [3.05, 3.63) is 59.8 Å². The van der Waals surface area contributed by atoms with Crippen molar-refractivity contribution >= 4 is 24.1 Å². The Hall–Kier alpha value is -2.71. The molecule has 1 fully saturated rings. The molecule has 0 bridgehead atoms. The molecule has 1 aliphatic rings. The third-order valence-electron chi connectivity index (χ3n) is 4.67. The highest BCUT2D eigenvalue weighted by Gasteiger charge is 2.18. The van der Waals surface area contributed by atoms with Crippen molar-refractivity contribution in [2.45, 2.75) is 25.8 Å². The molecule has 3 heterocycles. The van der Waals surface area contributed by atoms with Gasteiger partial charge in [0, 0.05) is 24.5 Å². The summed E-state index contributed by atoms with van der Waals surface area (Å²) in [6.07, 6.45) is 3.99. The Bertz CT molecular complexity index is 963. The van der Waals surface area contributed by atoms with Gasteiger partial charge in [0.25, 0.3) is 5.91 Å². The lowest BCUT2D eigenvalue weighted by molar-refractivity contribution is 0.102. The third-order valence-corrected chi connectivity index (χ3v) is 4.67. The second-order valence-corrected chi connectivity index (χ2v) is 6.70. The summed E-state index contributed by atoms with van der Waals surface area (Å²) in [5.74, 6) is -0.257. The molecule has 7 nitrogen and oxygen atoms in total. The zero-order chi connectivity index (χ0) is 18.8. The number of nitrogens with zero attached hydrogens (tertiary/aromatic N) is 4. The van der Waals surface area contributed by atoms with Crippen molar-refractivity contribution in [1.29, 1.82) is 0 Å². The second-order valence-electron chi connectivity index (χ2n) is 6.70. The van der Waals surface area contributed by atoms with Gasteiger partial charge in [0.05, 0.1) is 11.7 Å². The number of carbonyl (C=O) groups excluding carboxylic acids is 1. The molecule has 1 amide bonds. The maximum atomic E-state index is 13.5. The van der Waals surface area contributed by atoms with Gasteiger partial charge in [-0.05, 0) is 50.6 Å². The Labute approximate surface area is 168 Å². The standard InChI is InChI=1S/C19H21FN6O.ClH/c1-13-10-18(24-26(13)15-5-2-4-14(20)11-15)22-19(27)17-7-9-25(23-17)16-6-3-8-21-12-16;/h2,4-5,7,9-11,16,21H,3,6,8,12H2,1H3,(H,22,24,27);1H. The number of anilines is 1. The van der Waals surface area contributed by atoms with Gasteiger partial charge in [-0.3, -0.25) is 9.48 Å². The lowest BCUT2D eigenvalue weighted by atomic mass is 10.1. The van der Waals surface area contributed by atoms with E-state index in [9.17, 15) is 9.18 Å². The number of amides is 1. The molecule has 4 rings (SSSR count). The maximum Gasteiger partial charge on any atom is 0.277 e. The second kappa shape index (κ2) is 8.53. The number of rotatable bonds is 4. The molecule has 1 unspecified atom stereocenters. The fraction of sp³-hybridized carbons (Fsp3) is 0.316. The van der Waals surface area contributed by atoms with Crippen LogP contribution < -0.4 is 10.6 Å². The van der Waals surface area contributed by atoms with Crippen LogP contribution in [0.4, 0.5) is 10.2 Å². The third kappa shape index (κ3) is 4.23. The van der Waals surface area contributed by atoms with Gasteiger partial charge < -0.3 is 10.6 Å². The number of aromatic nitrogens is 4. The van der Waals surface area contributed by atoms with Crippen LogP contribution in [-0.2, 0) is 0 Å². The van der Waals surface area contributed by atoms with Crippen molar-refractivity contribution in [3.63, 3.8) is 0 Å². The van der Waals surface area contributed by atoms with Gasteiger partial charge in [0.2, 0.25) is 0 Å². The molecule has 28 heavy (non-hydrogen) atoms. The fourth-order valence-electron chi connectivity index (χ4n) is 3.31. The van der Waals surface area contributed by atoms with Gasteiger partial charge >= 0.3 is 0 Å². The predicted octanol–water partition coefficient (Wildman–Crippen LogP) is 3.11. The fourth-order valence-corrected chi connectivity index (χ4v) is 3.31. The van der Waals surface area contributed by atoms with E-state index >= 15 is 0 Å². The van der Waals surface area contributed by atoms with Crippen molar-refractivity contribution in [2.75, 3.05) is 18.4 Å². The number of piperidine rings is 1. The minimum Gasteiger partial charge on any atom is -0.315 e. The topological polar surface area (TPSA) is 76.8 Å². The highest BCUT2D eigenvalue weighted by atomic mass is 35.5. The highest BCUT2D eigenvalue weighted by Crippen LogP contribution is 2.18. The van der Waals surface area contributed by atoms with Crippen LogP contribution in [0.25, 0.3) is 5.69 Å². The molecule has 2 N–H and O–H groups in total. The molecule has 1 saturated heterocycles. The number of benzene rings is 1. The summed E-state index contributed by atoms with van der Waals surface area (Å²) in [7, 11) is 0. The Morgan fingerprint density at radius 3 is 2.89 bits per heavy atom. The summed E-state index contributed by atoms with van der Waals surface area (Å²) in [5, 5.41) is 14.9. The number of hydrogen-bond donors (Lipinski definition) is 2. The van der Waals surface area contributed by atoms with E-state index in [0.717, 1.165) is 31.6 Å². The lowest BCUT2D eigenvalue weighted by Gasteiger charge is -2.22. The first kappa shape index (κ1) is 20.0. The Kier molecular flexibility index (Phi) is 6.11. The molecule has 1 aliphatic heterocycles. The van der Waals surface area contributed by atoms with E-state index < -0.39 is 0 Å². The van der Waals surface area contributed by atoms with Crippen LogP contribution in [0, 0.1) is 12.7 Å². The first-order valence-electron chi connectivity index (χ1n) is 9.00. The molecule has 0 spiro atoms. The van der Waals surface area contributed by atoms with Crippen molar-refractivity contribution in [1.82, 2.24) is 24.9 Å². The van der Waals surface area contributed by atoms with E-state index in [1.807, 2.05) is 17.8 Å². The van der Waals surface area contributed by atoms with Gasteiger partial charge in [-0.25, -0.2) is 9.07 Å². The van der Waals surface area contributed by atoms with Crippen LogP contribution in [0.2, 0.25) is 0 Å². The number of carbonyl (C=O) groups is 1. The number of halogens is 2. The van der Waals surface area contributed by atoms with Crippen LogP contribution in [-0.4, -0.2) is 38.6 Å². The number of aryl methyl sites for hydroxylation is 1. The minimum atomic E-state index is -0.337. The van der Waals surface area contributed by atoms with Gasteiger partial charge in [-0.2, -0.15) is 5.10 Å². The summed E-state index contributed by atoms with van der Waals surface area (Å²) in [6.45, 7) is 3.73. The molecule has 9 heteroatoms. The SMILES string of the molecule is Cc1cc(NC(=O)c2ccn(C3CCCNC3)n2)nn1-c1cccc(F)c1.Cl. The quantitative estimate of drug-likeness (QED) is 0.700. The van der Waals surface area contributed by atoms with Crippen molar-refractivity contribution in [2.24, 2.45) is 0 Å². The summed E-state index contributed by atoms with van der Waals surface area (Å²) in [4.78, 5) is 12.5. The Balaban J connectivity index is 0.00000225. The molecule has 0 radical (unpaired) electrons. The molecule has 1 aromatic carbocycles. The monoisotopic (exact) mass is 404 g/mol. The predicted molar refractivity (Wildman–Crippen MR) is 107 cm³/mol. The average Bonchev–Trinajstić information content (AvgIpc) is 3.29. The lowest BCUT2D eigenvalue weighted by Crippen LogP contribution is -2.32. The molecule has 3 aromatic rings. The van der Waals surface area contributed by atoms with Gasteiger partial charge in [0.15, 0.2) is 11.5 Å². The van der Waals surface area contributed by atoms with Gasteiger partial charge in [-0.1, -0.05) is 6.07 Å². The first-order chi connectivity index (χ1) is 13.1.